The lowest BCUT2D eigenvalue weighted by Gasteiger charge is -2.41. The number of nitrogens with zero attached hydrogens (tertiary/aromatic N) is 3. The van der Waals surface area contributed by atoms with Crippen LogP contribution in [0.25, 0.3) is 0 Å². The van der Waals surface area contributed by atoms with Gasteiger partial charge in [-0.3, -0.25) is 9.78 Å². The van der Waals surface area contributed by atoms with Gasteiger partial charge in [0.1, 0.15) is 5.75 Å². The topological polar surface area (TPSA) is 45.7 Å². The van der Waals surface area contributed by atoms with Crippen molar-refractivity contribution in [1.82, 2.24) is 9.88 Å². The van der Waals surface area contributed by atoms with E-state index in [9.17, 15) is 4.79 Å². The molecular weight excluding hydrogens is 314 g/mol. The first-order valence-electron chi connectivity index (χ1n) is 8.76. The van der Waals surface area contributed by atoms with E-state index >= 15 is 0 Å². The van der Waals surface area contributed by atoms with Gasteiger partial charge in [0, 0.05) is 44.0 Å². The number of amides is 1. The molecule has 0 bridgehead atoms. The molecule has 1 aromatic heterocycles. The van der Waals surface area contributed by atoms with Gasteiger partial charge in [-0.25, -0.2) is 0 Å². The second-order valence-electron chi connectivity index (χ2n) is 6.38. The SMILES string of the molecule is COc1ccccc1N1CCN(C(=O)CCc2ccccn2)[C@H](C)C1. The van der Waals surface area contributed by atoms with E-state index in [1.807, 2.05) is 41.3 Å². The number of aryl methyl sites for hydroxylation is 1. The van der Waals surface area contributed by atoms with E-state index < -0.39 is 0 Å². The molecule has 0 saturated carbocycles. The number of hydrogen-bond acceptors (Lipinski definition) is 4. The Morgan fingerprint density at radius 3 is 2.72 bits per heavy atom. The summed E-state index contributed by atoms with van der Waals surface area (Å²) in [5.41, 5.74) is 2.06. The monoisotopic (exact) mass is 339 g/mol. The van der Waals surface area contributed by atoms with Crippen molar-refractivity contribution in [2.24, 2.45) is 0 Å². The molecule has 1 aromatic carbocycles. The molecular formula is C20H25N3O2. The molecule has 3 rings (SSSR count). The van der Waals surface area contributed by atoms with Crippen LogP contribution in [0.1, 0.15) is 19.0 Å². The minimum Gasteiger partial charge on any atom is -0.495 e. The van der Waals surface area contributed by atoms with Crippen molar-refractivity contribution in [1.29, 1.82) is 0 Å². The molecule has 1 amide bonds. The zero-order valence-electron chi connectivity index (χ0n) is 14.9. The zero-order valence-corrected chi connectivity index (χ0v) is 14.9. The summed E-state index contributed by atoms with van der Waals surface area (Å²) in [6.07, 6.45) is 2.98. The summed E-state index contributed by atoms with van der Waals surface area (Å²) in [5, 5.41) is 0. The third-order valence-corrected chi connectivity index (χ3v) is 4.69. The van der Waals surface area contributed by atoms with Crippen molar-refractivity contribution in [2.45, 2.75) is 25.8 Å². The van der Waals surface area contributed by atoms with Crippen LogP contribution < -0.4 is 9.64 Å². The highest BCUT2D eigenvalue weighted by Gasteiger charge is 2.28. The van der Waals surface area contributed by atoms with Gasteiger partial charge in [0.15, 0.2) is 0 Å². The minimum atomic E-state index is 0.176. The number of para-hydroxylation sites is 2. The molecule has 2 heterocycles. The van der Waals surface area contributed by atoms with Gasteiger partial charge < -0.3 is 14.5 Å². The number of benzene rings is 1. The van der Waals surface area contributed by atoms with E-state index in [2.05, 4.69) is 22.9 Å². The molecule has 2 aromatic rings. The molecule has 132 valence electrons. The van der Waals surface area contributed by atoms with Crippen LogP contribution in [-0.4, -0.2) is 48.6 Å². The highest BCUT2D eigenvalue weighted by Crippen LogP contribution is 2.29. The van der Waals surface area contributed by atoms with Crippen LogP contribution >= 0.6 is 0 Å². The summed E-state index contributed by atoms with van der Waals surface area (Å²) in [7, 11) is 1.69. The number of carbonyl (C=O) groups excluding carboxylic acids is 1. The number of anilines is 1. The van der Waals surface area contributed by atoms with E-state index in [0.29, 0.717) is 12.8 Å². The highest BCUT2D eigenvalue weighted by molar-refractivity contribution is 5.77. The summed E-state index contributed by atoms with van der Waals surface area (Å²) in [4.78, 5) is 21.2. The number of methoxy groups -OCH3 is 1. The lowest BCUT2D eigenvalue weighted by molar-refractivity contribution is -0.133. The Morgan fingerprint density at radius 1 is 1.20 bits per heavy atom. The standard InChI is InChI=1S/C20H25N3O2/c1-16-15-22(18-8-3-4-9-19(18)25-2)13-14-23(16)20(24)11-10-17-7-5-6-12-21-17/h3-9,12,16H,10-11,13-15H2,1-2H3/t16-/m1/s1. The number of ether oxygens (including phenoxy) is 1. The number of carbonyl (C=O) groups is 1. The number of rotatable bonds is 5. The predicted octanol–water partition coefficient (Wildman–Crippen LogP) is 2.76. The average Bonchev–Trinajstić information content (AvgIpc) is 2.66. The Balaban J connectivity index is 1.59. The molecule has 1 fully saturated rings. The van der Waals surface area contributed by atoms with Crippen molar-refractivity contribution in [3.8, 4) is 5.75 Å². The van der Waals surface area contributed by atoms with Crippen LogP contribution in [0.2, 0.25) is 0 Å². The fourth-order valence-electron chi connectivity index (χ4n) is 3.36. The van der Waals surface area contributed by atoms with E-state index in [4.69, 9.17) is 4.74 Å². The molecule has 1 saturated heterocycles. The molecule has 0 spiro atoms. The van der Waals surface area contributed by atoms with Crippen LogP contribution in [0.4, 0.5) is 5.69 Å². The average molecular weight is 339 g/mol. The maximum Gasteiger partial charge on any atom is 0.223 e. The number of hydrogen-bond donors (Lipinski definition) is 0. The molecule has 1 aliphatic rings. The molecule has 5 nitrogen and oxygen atoms in total. The molecule has 5 heteroatoms. The molecule has 25 heavy (non-hydrogen) atoms. The first-order chi connectivity index (χ1) is 12.2. The van der Waals surface area contributed by atoms with E-state index in [1.54, 1.807) is 13.3 Å². The fourth-order valence-corrected chi connectivity index (χ4v) is 3.36. The second kappa shape index (κ2) is 8.01. The summed E-state index contributed by atoms with van der Waals surface area (Å²) in [5.74, 6) is 1.09. The van der Waals surface area contributed by atoms with Crippen molar-refractivity contribution in [3.63, 3.8) is 0 Å². The predicted molar refractivity (Wildman–Crippen MR) is 98.9 cm³/mol. The summed E-state index contributed by atoms with van der Waals surface area (Å²) < 4.78 is 5.47. The Bertz CT molecular complexity index is 705. The van der Waals surface area contributed by atoms with Gasteiger partial charge in [-0.05, 0) is 37.6 Å². The Labute approximate surface area is 149 Å². The summed E-state index contributed by atoms with van der Waals surface area (Å²) in [6.45, 7) is 4.48. The van der Waals surface area contributed by atoms with Crippen LogP contribution in [0, 0.1) is 0 Å². The normalized spacial score (nSPS) is 17.4. The van der Waals surface area contributed by atoms with Crippen molar-refractivity contribution in [3.05, 3.63) is 54.4 Å². The molecule has 0 radical (unpaired) electrons. The van der Waals surface area contributed by atoms with Gasteiger partial charge in [0.2, 0.25) is 5.91 Å². The van der Waals surface area contributed by atoms with Gasteiger partial charge >= 0.3 is 0 Å². The lowest BCUT2D eigenvalue weighted by atomic mass is 10.1. The van der Waals surface area contributed by atoms with Gasteiger partial charge in [0.05, 0.1) is 12.8 Å². The summed E-state index contributed by atoms with van der Waals surface area (Å²) in [6, 6.07) is 14.0. The molecule has 1 aliphatic heterocycles. The number of aromatic nitrogens is 1. The van der Waals surface area contributed by atoms with E-state index in [0.717, 1.165) is 36.8 Å². The number of pyridine rings is 1. The maximum absolute atomic E-state index is 12.6. The molecule has 0 unspecified atom stereocenters. The largest absolute Gasteiger partial charge is 0.495 e. The van der Waals surface area contributed by atoms with Crippen molar-refractivity contribution >= 4 is 11.6 Å². The first kappa shape index (κ1) is 17.3. The van der Waals surface area contributed by atoms with E-state index in [-0.39, 0.29) is 11.9 Å². The van der Waals surface area contributed by atoms with Crippen LogP contribution in [0.15, 0.2) is 48.7 Å². The Hall–Kier alpha value is -2.56. The third kappa shape index (κ3) is 4.10. The second-order valence-corrected chi connectivity index (χ2v) is 6.38. The maximum atomic E-state index is 12.6. The van der Waals surface area contributed by atoms with Crippen LogP contribution in [-0.2, 0) is 11.2 Å². The van der Waals surface area contributed by atoms with Crippen LogP contribution in [0.5, 0.6) is 5.75 Å². The smallest absolute Gasteiger partial charge is 0.223 e. The Kier molecular flexibility index (Phi) is 5.53. The minimum absolute atomic E-state index is 0.176. The zero-order chi connectivity index (χ0) is 17.6. The fraction of sp³-hybridized carbons (Fsp3) is 0.400. The lowest BCUT2D eigenvalue weighted by Crippen LogP contribution is -2.54. The van der Waals surface area contributed by atoms with Gasteiger partial charge in [-0.15, -0.1) is 0 Å². The van der Waals surface area contributed by atoms with Crippen molar-refractivity contribution < 1.29 is 9.53 Å². The first-order valence-corrected chi connectivity index (χ1v) is 8.76. The van der Waals surface area contributed by atoms with Gasteiger partial charge in [-0.1, -0.05) is 18.2 Å². The van der Waals surface area contributed by atoms with Crippen molar-refractivity contribution in [2.75, 3.05) is 31.6 Å². The number of piperazine rings is 1. The molecule has 1 atom stereocenters. The van der Waals surface area contributed by atoms with Crippen LogP contribution in [0.3, 0.4) is 0 Å². The summed E-state index contributed by atoms with van der Waals surface area (Å²) >= 11 is 0. The third-order valence-electron chi connectivity index (χ3n) is 4.69. The quantitative estimate of drug-likeness (QED) is 0.840. The molecule has 0 N–H and O–H groups in total. The Morgan fingerprint density at radius 2 is 2.00 bits per heavy atom. The van der Waals surface area contributed by atoms with Gasteiger partial charge in [0.25, 0.3) is 0 Å². The molecule has 0 aliphatic carbocycles. The highest BCUT2D eigenvalue weighted by atomic mass is 16.5. The van der Waals surface area contributed by atoms with E-state index in [1.165, 1.54) is 0 Å². The van der Waals surface area contributed by atoms with Gasteiger partial charge in [-0.2, -0.15) is 0 Å².